The van der Waals surface area contributed by atoms with E-state index in [4.69, 9.17) is 5.11 Å². The smallest absolute Gasteiger partial charge is 0.478 e. The number of hydrogen-bond donors (Lipinski definition) is 1. The standard InChI is InChI=1S/C8H17.C7H6O2.Na/c1-3-5-7-8-6-4-2;8-7(9)6-4-2-1-3-5-6;/h1,3-8H2,2H3;1-5H,(H,8,9);/q-1;;+1. The molecule has 0 amide bonds. The minimum Gasteiger partial charge on any atom is -0.478 e. The summed E-state index contributed by atoms with van der Waals surface area (Å²) >= 11 is 0. The molecule has 18 heavy (non-hydrogen) atoms. The predicted molar refractivity (Wildman–Crippen MR) is 72.1 cm³/mol. The van der Waals surface area contributed by atoms with Crippen LogP contribution < -0.4 is 29.6 Å². The molecule has 1 aromatic carbocycles. The maximum atomic E-state index is 10.2. The number of hydrogen-bond acceptors (Lipinski definition) is 1. The van der Waals surface area contributed by atoms with Gasteiger partial charge in [0.05, 0.1) is 5.56 Å². The van der Waals surface area contributed by atoms with Crippen molar-refractivity contribution in [3.05, 3.63) is 42.8 Å². The number of carboxylic acid groups (broad SMARTS) is 1. The molecule has 96 valence electrons. The Morgan fingerprint density at radius 1 is 1.11 bits per heavy atom. The molecule has 2 nitrogen and oxygen atoms in total. The minimum atomic E-state index is -0.879. The fourth-order valence-electron chi connectivity index (χ4n) is 1.36. The van der Waals surface area contributed by atoms with Gasteiger partial charge >= 0.3 is 35.5 Å². The number of carbonyl (C=O) groups is 1. The number of carboxylic acids is 1. The Morgan fingerprint density at radius 3 is 2.06 bits per heavy atom. The van der Waals surface area contributed by atoms with Gasteiger partial charge in [-0.1, -0.05) is 57.2 Å². The van der Waals surface area contributed by atoms with E-state index in [9.17, 15) is 4.79 Å². The average Bonchev–Trinajstić information content (AvgIpc) is 2.37. The van der Waals surface area contributed by atoms with Gasteiger partial charge in [0.15, 0.2) is 0 Å². The van der Waals surface area contributed by atoms with E-state index in [1.54, 1.807) is 30.3 Å². The molecule has 3 heteroatoms. The second kappa shape index (κ2) is 14.7. The molecule has 0 fully saturated rings. The van der Waals surface area contributed by atoms with Gasteiger partial charge in [0.2, 0.25) is 0 Å². The third-order valence-corrected chi connectivity index (χ3v) is 2.37. The van der Waals surface area contributed by atoms with Crippen molar-refractivity contribution in [2.45, 2.75) is 45.4 Å². The van der Waals surface area contributed by atoms with Crippen molar-refractivity contribution in [2.75, 3.05) is 0 Å². The van der Waals surface area contributed by atoms with E-state index in [1.165, 1.54) is 32.1 Å². The van der Waals surface area contributed by atoms with Gasteiger partial charge in [0, 0.05) is 0 Å². The Balaban J connectivity index is 0. The largest absolute Gasteiger partial charge is 1.00 e. The van der Waals surface area contributed by atoms with Crippen molar-refractivity contribution in [3.8, 4) is 0 Å². The van der Waals surface area contributed by atoms with Crippen LogP contribution in [0.4, 0.5) is 0 Å². The van der Waals surface area contributed by atoms with Gasteiger partial charge in [0.1, 0.15) is 0 Å². The van der Waals surface area contributed by atoms with Gasteiger partial charge in [-0.25, -0.2) is 4.79 Å². The van der Waals surface area contributed by atoms with E-state index in [0.29, 0.717) is 5.56 Å². The van der Waals surface area contributed by atoms with Crippen LogP contribution in [0.3, 0.4) is 0 Å². The van der Waals surface area contributed by atoms with E-state index in [0.717, 1.165) is 6.42 Å². The van der Waals surface area contributed by atoms with E-state index < -0.39 is 5.97 Å². The van der Waals surface area contributed by atoms with E-state index in [2.05, 4.69) is 13.8 Å². The number of benzene rings is 1. The summed E-state index contributed by atoms with van der Waals surface area (Å²) in [5, 5.41) is 8.38. The molecule has 0 atom stereocenters. The maximum absolute atomic E-state index is 10.2. The number of unbranched alkanes of at least 4 members (excludes halogenated alkanes) is 5. The fraction of sp³-hybridized carbons (Fsp3) is 0.467. The second-order valence-electron chi connectivity index (χ2n) is 3.94. The SMILES string of the molecule is O=C(O)c1ccccc1.[CH2-]CCCCCCC.[Na+]. The quantitative estimate of drug-likeness (QED) is 0.478. The molecule has 0 bridgehead atoms. The summed E-state index contributed by atoms with van der Waals surface area (Å²) < 4.78 is 0. The van der Waals surface area contributed by atoms with Gasteiger partial charge < -0.3 is 12.0 Å². The van der Waals surface area contributed by atoms with Crippen molar-refractivity contribution in [1.82, 2.24) is 0 Å². The molecule has 0 aliphatic rings. The molecule has 1 rings (SSSR count). The monoisotopic (exact) mass is 258 g/mol. The Bertz CT molecular complexity index is 280. The molecule has 1 N–H and O–H groups in total. The predicted octanol–water partition coefficient (Wildman–Crippen LogP) is 1.57. The normalized spacial score (nSPS) is 8.78. The molecular formula is C15H23NaO2. The summed E-state index contributed by atoms with van der Waals surface area (Å²) in [6.45, 7) is 6.02. The molecule has 0 heterocycles. The summed E-state index contributed by atoms with van der Waals surface area (Å²) in [7, 11) is 0. The zero-order valence-corrected chi connectivity index (χ0v) is 13.7. The molecule has 0 saturated carbocycles. The first-order chi connectivity index (χ1) is 8.22. The molecule has 0 aromatic heterocycles. The van der Waals surface area contributed by atoms with Crippen molar-refractivity contribution < 1.29 is 39.5 Å². The molecule has 0 aliphatic heterocycles. The molecule has 0 radical (unpaired) electrons. The Morgan fingerprint density at radius 2 is 1.67 bits per heavy atom. The summed E-state index contributed by atoms with van der Waals surface area (Å²) in [5.41, 5.74) is 0.331. The first kappa shape index (κ1) is 20.0. The van der Waals surface area contributed by atoms with Crippen LogP contribution in [0.5, 0.6) is 0 Å². The summed E-state index contributed by atoms with van der Waals surface area (Å²) in [6.07, 6.45) is 7.98. The first-order valence-corrected chi connectivity index (χ1v) is 6.30. The summed E-state index contributed by atoms with van der Waals surface area (Å²) in [4.78, 5) is 10.2. The van der Waals surface area contributed by atoms with Crippen molar-refractivity contribution in [3.63, 3.8) is 0 Å². The van der Waals surface area contributed by atoms with Crippen LogP contribution in [0.15, 0.2) is 30.3 Å². The van der Waals surface area contributed by atoms with Gasteiger partial charge in [-0.2, -0.15) is 6.42 Å². The molecule has 0 saturated heterocycles. The first-order valence-electron chi connectivity index (χ1n) is 6.30. The van der Waals surface area contributed by atoms with Crippen LogP contribution in [0.1, 0.15) is 55.8 Å². The topological polar surface area (TPSA) is 37.3 Å². The maximum Gasteiger partial charge on any atom is 1.00 e. The summed E-state index contributed by atoms with van der Waals surface area (Å²) in [5.74, 6) is -0.879. The van der Waals surface area contributed by atoms with Crippen LogP contribution in [0, 0.1) is 6.92 Å². The van der Waals surface area contributed by atoms with E-state index in [1.807, 2.05) is 0 Å². The summed E-state index contributed by atoms with van der Waals surface area (Å²) in [6, 6.07) is 8.30. The third kappa shape index (κ3) is 12.2. The van der Waals surface area contributed by atoms with Crippen LogP contribution >= 0.6 is 0 Å². The fourth-order valence-corrected chi connectivity index (χ4v) is 1.36. The van der Waals surface area contributed by atoms with Gasteiger partial charge in [-0.3, -0.25) is 0 Å². The van der Waals surface area contributed by atoms with Crippen molar-refractivity contribution in [2.24, 2.45) is 0 Å². The Hall–Kier alpha value is -0.310. The number of aromatic carboxylic acids is 1. The number of rotatable bonds is 6. The van der Waals surface area contributed by atoms with Crippen molar-refractivity contribution >= 4 is 5.97 Å². The Kier molecular flexibility index (Phi) is 16.4. The second-order valence-corrected chi connectivity index (χ2v) is 3.94. The van der Waals surface area contributed by atoms with Crippen LogP contribution in [-0.4, -0.2) is 11.1 Å². The molecule has 1 aromatic rings. The zero-order chi connectivity index (χ0) is 12.9. The molecular weight excluding hydrogens is 235 g/mol. The Labute approximate surface area is 133 Å². The zero-order valence-electron chi connectivity index (χ0n) is 11.7. The van der Waals surface area contributed by atoms with Gasteiger partial charge in [0.25, 0.3) is 0 Å². The van der Waals surface area contributed by atoms with Crippen LogP contribution in [-0.2, 0) is 0 Å². The molecule has 0 spiro atoms. The molecule has 0 unspecified atom stereocenters. The van der Waals surface area contributed by atoms with Gasteiger partial charge in [-0.05, 0) is 12.1 Å². The van der Waals surface area contributed by atoms with Gasteiger partial charge in [-0.15, -0.1) is 0 Å². The van der Waals surface area contributed by atoms with E-state index >= 15 is 0 Å². The van der Waals surface area contributed by atoms with Crippen LogP contribution in [0.25, 0.3) is 0 Å². The van der Waals surface area contributed by atoms with E-state index in [-0.39, 0.29) is 29.6 Å². The minimum absolute atomic E-state index is 0. The van der Waals surface area contributed by atoms with Crippen molar-refractivity contribution in [1.29, 1.82) is 0 Å². The average molecular weight is 258 g/mol. The third-order valence-electron chi connectivity index (χ3n) is 2.37. The van der Waals surface area contributed by atoms with Crippen LogP contribution in [0.2, 0.25) is 0 Å². The molecule has 0 aliphatic carbocycles.